The smallest absolute Gasteiger partial charge is 0.313 e. The third-order valence-corrected chi connectivity index (χ3v) is 5.59. The summed E-state index contributed by atoms with van der Waals surface area (Å²) in [6.45, 7) is 6.16. The number of nitrogens with zero attached hydrogens (tertiary/aromatic N) is 6. The number of fused-ring (bicyclic) bond motifs is 3. The molecule has 4 heterocycles. The normalized spacial score (nSPS) is 16.6. The van der Waals surface area contributed by atoms with Crippen LogP contribution in [0.15, 0.2) is 15.8 Å². The van der Waals surface area contributed by atoms with Crippen molar-refractivity contribution in [3.05, 3.63) is 32.7 Å². The van der Waals surface area contributed by atoms with Crippen molar-refractivity contribution in [1.82, 2.24) is 28.0 Å². The van der Waals surface area contributed by atoms with E-state index in [4.69, 9.17) is 0 Å². The predicted octanol–water partition coefficient (Wildman–Crippen LogP) is 0.871. The summed E-state index contributed by atoms with van der Waals surface area (Å²) >= 11 is 0. The van der Waals surface area contributed by atoms with Crippen LogP contribution in [0.1, 0.15) is 31.4 Å². The van der Waals surface area contributed by atoms with Crippen LogP contribution in [-0.4, -0.2) is 47.6 Å². The summed E-state index contributed by atoms with van der Waals surface area (Å²) in [6, 6.07) is 0. The van der Waals surface area contributed by atoms with Crippen LogP contribution < -0.4 is 11.2 Å². The Hall–Kier alpha value is -2.35. The Morgan fingerprint density at radius 2 is 1.69 bits per heavy atom. The van der Waals surface area contributed by atoms with E-state index in [0.717, 1.165) is 42.2 Å². The molecule has 1 saturated heterocycles. The Morgan fingerprint density at radius 3 is 2.38 bits per heavy atom. The lowest BCUT2D eigenvalue weighted by molar-refractivity contribution is 0.273. The van der Waals surface area contributed by atoms with Crippen molar-refractivity contribution in [2.75, 3.05) is 19.6 Å². The van der Waals surface area contributed by atoms with Crippen LogP contribution in [0.25, 0.3) is 16.9 Å². The number of imidazole rings is 2. The molecular formula is C18H26N6O2. The van der Waals surface area contributed by atoms with Gasteiger partial charge in [-0.05, 0) is 32.9 Å². The van der Waals surface area contributed by atoms with Crippen LogP contribution in [0.2, 0.25) is 0 Å². The van der Waals surface area contributed by atoms with Gasteiger partial charge in [0.2, 0.25) is 5.78 Å². The number of aryl methyl sites for hydroxylation is 2. The summed E-state index contributed by atoms with van der Waals surface area (Å²) in [5.74, 6) is 0.727. The Kier molecular flexibility index (Phi) is 4.22. The first-order chi connectivity index (χ1) is 12.5. The summed E-state index contributed by atoms with van der Waals surface area (Å²) in [7, 11) is 3.16. The Balaban J connectivity index is 1.77. The second kappa shape index (κ2) is 6.42. The van der Waals surface area contributed by atoms with E-state index < -0.39 is 0 Å². The Labute approximate surface area is 151 Å². The highest BCUT2D eigenvalue weighted by Crippen LogP contribution is 2.17. The number of hydrogen-bond donors (Lipinski definition) is 0. The molecule has 3 aromatic rings. The van der Waals surface area contributed by atoms with Gasteiger partial charge in [0.15, 0.2) is 11.2 Å². The number of rotatable bonds is 3. The molecule has 0 unspecified atom stereocenters. The van der Waals surface area contributed by atoms with Gasteiger partial charge in [0.05, 0.1) is 0 Å². The van der Waals surface area contributed by atoms with Gasteiger partial charge in [0.1, 0.15) is 0 Å². The SMILES string of the molecule is Cc1cn2c3c(=O)n(C)c(=O)n(C)c3nc2n1CCN1CCCCCC1. The maximum atomic E-state index is 12.6. The Bertz CT molecular complexity index is 1080. The molecule has 26 heavy (non-hydrogen) atoms. The summed E-state index contributed by atoms with van der Waals surface area (Å²) < 4.78 is 6.56. The molecule has 0 spiro atoms. The minimum Gasteiger partial charge on any atom is -0.313 e. The topological polar surface area (TPSA) is 69.5 Å². The second-order valence-corrected chi connectivity index (χ2v) is 7.34. The molecule has 1 aliphatic rings. The monoisotopic (exact) mass is 358 g/mol. The molecule has 1 fully saturated rings. The molecule has 0 saturated carbocycles. The Morgan fingerprint density at radius 1 is 1.00 bits per heavy atom. The van der Waals surface area contributed by atoms with Crippen LogP contribution in [0.3, 0.4) is 0 Å². The van der Waals surface area contributed by atoms with Gasteiger partial charge in [-0.1, -0.05) is 12.8 Å². The zero-order valence-electron chi connectivity index (χ0n) is 15.7. The largest absolute Gasteiger partial charge is 0.332 e. The van der Waals surface area contributed by atoms with Crippen molar-refractivity contribution in [1.29, 1.82) is 0 Å². The minimum atomic E-state index is -0.351. The first-order valence-electron chi connectivity index (χ1n) is 9.35. The lowest BCUT2D eigenvalue weighted by Gasteiger charge is -2.20. The fourth-order valence-electron chi connectivity index (χ4n) is 4.01. The average Bonchev–Trinajstić information content (AvgIpc) is 2.99. The van der Waals surface area contributed by atoms with Gasteiger partial charge in [0.25, 0.3) is 5.56 Å². The molecule has 8 heteroatoms. The van der Waals surface area contributed by atoms with Crippen molar-refractivity contribution in [3.8, 4) is 0 Å². The molecule has 140 valence electrons. The van der Waals surface area contributed by atoms with Crippen molar-refractivity contribution >= 4 is 16.9 Å². The molecule has 0 atom stereocenters. The van der Waals surface area contributed by atoms with E-state index in [-0.39, 0.29) is 11.2 Å². The molecule has 0 radical (unpaired) electrons. The quantitative estimate of drug-likeness (QED) is 0.697. The predicted molar refractivity (Wildman–Crippen MR) is 101 cm³/mol. The van der Waals surface area contributed by atoms with E-state index in [1.807, 2.05) is 17.5 Å². The number of likely N-dealkylation sites (tertiary alicyclic amines) is 1. The highest BCUT2D eigenvalue weighted by molar-refractivity contribution is 5.75. The van der Waals surface area contributed by atoms with Gasteiger partial charge >= 0.3 is 5.69 Å². The molecule has 4 rings (SSSR count). The highest BCUT2D eigenvalue weighted by atomic mass is 16.2. The van der Waals surface area contributed by atoms with Crippen LogP contribution in [0.4, 0.5) is 0 Å². The van der Waals surface area contributed by atoms with Gasteiger partial charge in [-0.15, -0.1) is 0 Å². The van der Waals surface area contributed by atoms with Gasteiger partial charge in [-0.25, -0.2) is 4.79 Å². The van der Waals surface area contributed by atoms with Gasteiger partial charge in [-0.3, -0.25) is 18.3 Å². The number of hydrogen-bond acceptors (Lipinski definition) is 4. The summed E-state index contributed by atoms with van der Waals surface area (Å²) in [6.07, 6.45) is 7.13. The van der Waals surface area contributed by atoms with E-state index >= 15 is 0 Å². The van der Waals surface area contributed by atoms with Crippen molar-refractivity contribution in [2.45, 2.75) is 39.2 Å². The van der Waals surface area contributed by atoms with E-state index in [1.165, 1.54) is 37.3 Å². The lowest BCUT2D eigenvalue weighted by Crippen LogP contribution is -2.37. The van der Waals surface area contributed by atoms with Gasteiger partial charge in [0, 0.05) is 39.1 Å². The summed E-state index contributed by atoms with van der Waals surface area (Å²) in [5, 5.41) is 0. The second-order valence-electron chi connectivity index (χ2n) is 7.34. The van der Waals surface area contributed by atoms with Crippen molar-refractivity contribution in [2.24, 2.45) is 14.1 Å². The van der Waals surface area contributed by atoms with Crippen LogP contribution in [-0.2, 0) is 20.6 Å². The molecule has 1 aliphatic heterocycles. The fourth-order valence-corrected chi connectivity index (χ4v) is 4.01. The molecular weight excluding hydrogens is 332 g/mol. The van der Waals surface area contributed by atoms with E-state index in [9.17, 15) is 9.59 Å². The third kappa shape index (κ3) is 2.59. The summed E-state index contributed by atoms with van der Waals surface area (Å²) in [4.78, 5) is 31.9. The van der Waals surface area contributed by atoms with E-state index in [1.54, 1.807) is 7.05 Å². The van der Waals surface area contributed by atoms with E-state index in [0.29, 0.717) is 11.2 Å². The molecule has 0 aromatic carbocycles. The first kappa shape index (κ1) is 17.1. The average molecular weight is 358 g/mol. The molecule has 8 nitrogen and oxygen atoms in total. The standard InChI is InChI=1S/C18H26N6O2/c1-13-12-24-14-15(20(2)18(26)21(3)16(14)25)19-17(24)23(13)11-10-22-8-6-4-5-7-9-22/h12H,4-11H2,1-3H3. The zero-order valence-corrected chi connectivity index (χ0v) is 15.7. The minimum absolute atomic E-state index is 0.305. The maximum absolute atomic E-state index is 12.6. The molecule has 0 bridgehead atoms. The van der Waals surface area contributed by atoms with Crippen LogP contribution >= 0.6 is 0 Å². The van der Waals surface area contributed by atoms with Crippen LogP contribution in [0.5, 0.6) is 0 Å². The van der Waals surface area contributed by atoms with Crippen molar-refractivity contribution in [3.63, 3.8) is 0 Å². The van der Waals surface area contributed by atoms with E-state index in [2.05, 4.69) is 14.5 Å². The highest BCUT2D eigenvalue weighted by Gasteiger charge is 2.19. The zero-order chi connectivity index (χ0) is 18.4. The lowest BCUT2D eigenvalue weighted by atomic mass is 10.2. The van der Waals surface area contributed by atoms with Crippen molar-refractivity contribution < 1.29 is 0 Å². The number of aromatic nitrogens is 5. The van der Waals surface area contributed by atoms with Crippen LogP contribution in [0, 0.1) is 6.92 Å². The maximum Gasteiger partial charge on any atom is 0.332 e. The van der Waals surface area contributed by atoms with Gasteiger partial charge < -0.3 is 9.47 Å². The molecule has 0 amide bonds. The summed E-state index contributed by atoms with van der Waals surface area (Å²) in [5.41, 5.74) is 1.31. The molecule has 3 aromatic heterocycles. The molecule has 0 N–H and O–H groups in total. The molecule has 0 aliphatic carbocycles. The first-order valence-corrected chi connectivity index (χ1v) is 9.35. The van der Waals surface area contributed by atoms with Gasteiger partial charge in [-0.2, -0.15) is 4.98 Å². The third-order valence-electron chi connectivity index (χ3n) is 5.59. The fraction of sp³-hybridized carbons (Fsp3) is 0.611.